The van der Waals surface area contributed by atoms with Gasteiger partial charge in [0.15, 0.2) is 0 Å². The summed E-state index contributed by atoms with van der Waals surface area (Å²) in [6.45, 7) is 2.88. The Morgan fingerprint density at radius 2 is 2.12 bits per heavy atom. The number of hydrogen-bond acceptors (Lipinski definition) is 4. The summed E-state index contributed by atoms with van der Waals surface area (Å²) < 4.78 is 0. The van der Waals surface area contributed by atoms with E-state index in [9.17, 15) is 0 Å². The summed E-state index contributed by atoms with van der Waals surface area (Å²) in [6.07, 6.45) is 7.72. The van der Waals surface area contributed by atoms with Crippen molar-refractivity contribution in [2.24, 2.45) is 0 Å². The lowest BCUT2D eigenvalue weighted by Gasteiger charge is -2.18. The number of nitrogens with zero attached hydrogens (tertiary/aromatic N) is 3. The van der Waals surface area contributed by atoms with E-state index >= 15 is 0 Å². The summed E-state index contributed by atoms with van der Waals surface area (Å²) in [5.74, 6) is 0.705. The Labute approximate surface area is 100 Å². The first kappa shape index (κ1) is 10.2. The van der Waals surface area contributed by atoms with Crippen LogP contribution in [0, 0.1) is 0 Å². The van der Waals surface area contributed by atoms with Crippen LogP contribution >= 0.6 is 0 Å². The lowest BCUT2D eigenvalue weighted by Crippen LogP contribution is -2.10. The lowest BCUT2D eigenvalue weighted by atomic mass is 9.91. The van der Waals surface area contributed by atoms with E-state index in [4.69, 9.17) is 0 Å². The van der Waals surface area contributed by atoms with Crippen LogP contribution in [0.5, 0.6) is 0 Å². The average molecular weight is 226 g/mol. The molecule has 0 spiro atoms. The van der Waals surface area contributed by atoms with E-state index in [2.05, 4.69) is 20.3 Å². The van der Waals surface area contributed by atoms with Crippen LogP contribution in [0.2, 0.25) is 0 Å². The Bertz CT molecular complexity index is 551. The van der Waals surface area contributed by atoms with Crippen molar-refractivity contribution in [2.45, 2.75) is 19.8 Å². The van der Waals surface area contributed by atoms with Gasteiger partial charge < -0.3 is 5.32 Å². The highest BCUT2D eigenvalue weighted by atomic mass is 15.1. The van der Waals surface area contributed by atoms with Gasteiger partial charge in [0, 0.05) is 30.7 Å². The van der Waals surface area contributed by atoms with E-state index in [0.717, 1.165) is 25.1 Å². The van der Waals surface area contributed by atoms with E-state index in [1.165, 1.54) is 16.7 Å². The molecular formula is C13H14N4. The van der Waals surface area contributed by atoms with Crippen LogP contribution in [0.25, 0.3) is 11.3 Å². The maximum absolute atomic E-state index is 4.59. The number of fused-ring (bicyclic) bond motifs is 3. The predicted molar refractivity (Wildman–Crippen MR) is 66.8 cm³/mol. The van der Waals surface area contributed by atoms with Gasteiger partial charge in [0.25, 0.3) is 0 Å². The molecule has 1 aliphatic carbocycles. The van der Waals surface area contributed by atoms with Crippen molar-refractivity contribution < 1.29 is 0 Å². The fourth-order valence-electron chi connectivity index (χ4n) is 2.19. The molecule has 4 nitrogen and oxygen atoms in total. The second kappa shape index (κ2) is 4.13. The van der Waals surface area contributed by atoms with Crippen LogP contribution in [0.4, 0.5) is 5.95 Å². The summed E-state index contributed by atoms with van der Waals surface area (Å²) in [5.41, 5.74) is 4.76. The van der Waals surface area contributed by atoms with Crippen molar-refractivity contribution in [1.29, 1.82) is 0 Å². The third-order valence-electron chi connectivity index (χ3n) is 3.02. The Morgan fingerprint density at radius 1 is 1.24 bits per heavy atom. The topological polar surface area (TPSA) is 50.7 Å². The van der Waals surface area contributed by atoms with Gasteiger partial charge in [-0.1, -0.05) is 0 Å². The number of pyridine rings is 1. The molecule has 0 bridgehead atoms. The molecule has 2 aromatic heterocycles. The van der Waals surface area contributed by atoms with Crippen LogP contribution in [0.15, 0.2) is 24.7 Å². The molecule has 0 aliphatic heterocycles. The predicted octanol–water partition coefficient (Wildman–Crippen LogP) is 2.07. The van der Waals surface area contributed by atoms with Crippen molar-refractivity contribution in [3.63, 3.8) is 0 Å². The standard InChI is InChI=1S/C13H14N4/c1-2-15-13-16-8-10-4-3-9-7-14-6-5-11(9)12(10)17-13/h5-8H,2-4H2,1H3,(H,15,16,17). The number of aryl methyl sites for hydroxylation is 2. The number of nitrogens with one attached hydrogen (secondary N) is 1. The molecule has 0 fully saturated rings. The van der Waals surface area contributed by atoms with Crippen molar-refractivity contribution in [3.8, 4) is 11.3 Å². The summed E-state index contributed by atoms with van der Waals surface area (Å²) in [7, 11) is 0. The van der Waals surface area contributed by atoms with Crippen molar-refractivity contribution >= 4 is 5.95 Å². The largest absolute Gasteiger partial charge is 0.354 e. The molecule has 3 rings (SSSR count). The highest BCUT2D eigenvalue weighted by Crippen LogP contribution is 2.31. The van der Waals surface area contributed by atoms with Crippen molar-refractivity contribution in [2.75, 3.05) is 11.9 Å². The smallest absolute Gasteiger partial charge is 0.223 e. The van der Waals surface area contributed by atoms with Gasteiger partial charge in [-0.15, -0.1) is 0 Å². The van der Waals surface area contributed by atoms with E-state index in [-0.39, 0.29) is 0 Å². The molecule has 1 aliphatic rings. The summed E-state index contributed by atoms with van der Waals surface area (Å²) >= 11 is 0. The third kappa shape index (κ3) is 1.75. The zero-order valence-corrected chi connectivity index (χ0v) is 9.77. The van der Waals surface area contributed by atoms with Gasteiger partial charge >= 0.3 is 0 Å². The maximum Gasteiger partial charge on any atom is 0.223 e. The molecule has 0 atom stereocenters. The van der Waals surface area contributed by atoms with Gasteiger partial charge in [-0.2, -0.15) is 0 Å². The molecule has 0 amide bonds. The molecule has 4 heteroatoms. The van der Waals surface area contributed by atoms with E-state index in [0.29, 0.717) is 5.95 Å². The first-order chi connectivity index (χ1) is 8.38. The highest BCUT2D eigenvalue weighted by molar-refractivity contribution is 5.69. The molecule has 1 N–H and O–H groups in total. The first-order valence-corrected chi connectivity index (χ1v) is 5.91. The maximum atomic E-state index is 4.59. The fraction of sp³-hybridized carbons (Fsp3) is 0.308. The number of rotatable bonds is 2. The summed E-state index contributed by atoms with van der Waals surface area (Å²) in [4.78, 5) is 13.1. The van der Waals surface area contributed by atoms with Crippen LogP contribution in [-0.4, -0.2) is 21.5 Å². The summed E-state index contributed by atoms with van der Waals surface area (Å²) in [6, 6.07) is 2.04. The van der Waals surface area contributed by atoms with Gasteiger partial charge in [0.2, 0.25) is 5.95 Å². The lowest BCUT2D eigenvalue weighted by molar-refractivity contribution is 0.901. The molecule has 86 valence electrons. The molecule has 2 heterocycles. The van der Waals surface area contributed by atoms with Crippen LogP contribution in [0.1, 0.15) is 18.1 Å². The third-order valence-corrected chi connectivity index (χ3v) is 3.02. The van der Waals surface area contributed by atoms with E-state index in [1.54, 1.807) is 0 Å². The summed E-state index contributed by atoms with van der Waals surface area (Å²) in [5, 5.41) is 3.15. The second-order valence-corrected chi connectivity index (χ2v) is 4.13. The number of aromatic nitrogens is 3. The highest BCUT2D eigenvalue weighted by Gasteiger charge is 2.18. The number of hydrogen-bond donors (Lipinski definition) is 1. The van der Waals surface area contributed by atoms with Crippen LogP contribution < -0.4 is 5.32 Å². The van der Waals surface area contributed by atoms with E-state index in [1.807, 2.05) is 31.6 Å². The fourth-order valence-corrected chi connectivity index (χ4v) is 2.19. The van der Waals surface area contributed by atoms with E-state index < -0.39 is 0 Å². The van der Waals surface area contributed by atoms with Gasteiger partial charge in [-0.05, 0) is 37.0 Å². The molecule has 0 saturated carbocycles. The SMILES string of the molecule is CCNc1ncc2c(n1)-c1ccncc1CC2. The van der Waals surface area contributed by atoms with Gasteiger partial charge in [-0.3, -0.25) is 4.98 Å². The number of anilines is 1. The average Bonchev–Trinajstić information content (AvgIpc) is 2.39. The minimum atomic E-state index is 0.705. The molecule has 0 unspecified atom stereocenters. The minimum absolute atomic E-state index is 0.705. The zero-order chi connectivity index (χ0) is 11.7. The zero-order valence-electron chi connectivity index (χ0n) is 9.77. The Balaban J connectivity index is 2.12. The Kier molecular flexibility index (Phi) is 2.48. The van der Waals surface area contributed by atoms with Crippen LogP contribution in [-0.2, 0) is 12.8 Å². The normalized spacial score (nSPS) is 12.8. The Hall–Kier alpha value is -1.97. The second-order valence-electron chi connectivity index (χ2n) is 4.13. The Morgan fingerprint density at radius 3 is 3.00 bits per heavy atom. The van der Waals surface area contributed by atoms with Crippen LogP contribution in [0.3, 0.4) is 0 Å². The molecular weight excluding hydrogens is 212 g/mol. The molecule has 17 heavy (non-hydrogen) atoms. The van der Waals surface area contributed by atoms with Gasteiger partial charge in [0.1, 0.15) is 0 Å². The molecule has 0 saturated heterocycles. The first-order valence-electron chi connectivity index (χ1n) is 5.91. The van der Waals surface area contributed by atoms with Gasteiger partial charge in [-0.25, -0.2) is 9.97 Å². The van der Waals surface area contributed by atoms with Crippen molar-refractivity contribution in [1.82, 2.24) is 15.0 Å². The van der Waals surface area contributed by atoms with Gasteiger partial charge in [0.05, 0.1) is 5.69 Å². The minimum Gasteiger partial charge on any atom is -0.354 e. The quantitative estimate of drug-likeness (QED) is 0.851. The molecule has 2 aromatic rings. The van der Waals surface area contributed by atoms with Crippen molar-refractivity contribution in [3.05, 3.63) is 35.8 Å². The monoisotopic (exact) mass is 226 g/mol. The molecule has 0 aromatic carbocycles. The molecule has 0 radical (unpaired) electrons.